The summed E-state index contributed by atoms with van der Waals surface area (Å²) in [7, 11) is 0. The molecule has 0 saturated heterocycles. The van der Waals surface area contributed by atoms with E-state index < -0.39 is 11.7 Å². The van der Waals surface area contributed by atoms with Crippen molar-refractivity contribution in [1.29, 1.82) is 0 Å². The van der Waals surface area contributed by atoms with Crippen molar-refractivity contribution >= 4 is 0 Å². The summed E-state index contributed by atoms with van der Waals surface area (Å²) in [5.74, 6) is 0. The Morgan fingerprint density at radius 1 is 1.28 bits per heavy atom. The Hall–Kier alpha value is -1.10. The number of nitrogens with zero attached hydrogens (tertiary/aromatic N) is 1. The van der Waals surface area contributed by atoms with Gasteiger partial charge in [-0.1, -0.05) is 20.8 Å². The zero-order chi connectivity index (χ0) is 14.0. The summed E-state index contributed by atoms with van der Waals surface area (Å²) in [5.41, 5.74) is 5.45. The molecule has 0 aliphatic heterocycles. The lowest BCUT2D eigenvalue weighted by molar-refractivity contribution is -0.138. The minimum atomic E-state index is -4.33. The molecule has 5 heteroatoms. The fourth-order valence-corrected chi connectivity index (χ4v) is 1.65. The third kappa shape index (κ3) is 3.98. The van der Waals surface area contributed by atoms with E-state index in [0.29, 0.717) is 12.8 Å². The molecule has 1 rings (SSSR count). The number of aromatic nitrogens is 1. The van der Waals surface area contributed by atoms with Crippen molar-refractivity contribution < 1.29 is 13.2 Å². The second-order valence-corrected chi connectivity index (χ2v) is 5.54. The fraction of sp³-hybridized carbons (Fsp3) is 0.615. The largest absolute Gasteiger partial charge is 0.416 e. The first-order valence-corrected chi connectivity index (χ1v) is 5.88. The Morgan fingerprint density at radius 3 is 2.39 bits per heavy atom. The highest BCUT2D eigenvalue weighted by molar-refractivity contribution is 5.26. The third-order valence-corrected chi connectivity index (χ3v) is 3.05. The molecule has 0 saturated carbocycles. The minimum Gasteiger partial charge on any atom is -0.327 e. The van der Waals surface area contributed by atoms with Crippen LogP contribution in [0.25, 0.3) is 0 Å². The van der Waals surface area contributed by atoms with Crippen molar-refractivity contribution in [1.82, 2.24) is 4.98 Å². The average Bonchev–Trinajstić information content (AvgIpc) is 2.23. The molecule has 0 aliphatic rings. The van der Waals surface area contributed by atoms with Crippen molar-refractivity contribution in [2.75, 3.05) is 0 Å². The zero-order valence-corrected chi connectivity index (χ0v) is 10.9. The molecule has 18 heavy (non-hydrogen) atoms. The van der Waals surface area contributed by atoms with E-state index in [4.69, 9.17) is 5.73 Å². The van der Waals surface area contributed by atoms with Gasteiger partial charge in [0, 0.05) is 18.4 Å². The number of hydrogen-bond donors (Lipinski definition) is 1. The van der Waals surface area contributed by atoms with Gasteiger partial charge in [0.15, 0.2) is 0 Å². The number of aryl methyl sites for hydroxylation is 1. The number of nitrogens with two attached hydrogens (primary N) is 1. The van der Waals surface area contributed by atoms with Crippen molar-refractivity contribution in [3.8, 4) is 0 Å². The Morgan fingerprint density at radius 2 is 1.89 bits per heavy atom. The highest BCUT2D eigenvalue weighted by Crippen LogP contribution is 2.32. The van der Waals surface area contributed by atoms with E-state index in [-0.39, 0.29) is 17.0 Å². The van der Waals surface area contributed by atoms with E-state index in [2.05, 4.69) is 4.98 Å². The molecule has 2 N–H and O–H groups in total. The van der Waals surface area contributed by atoms with E-state index in [9.17, 15) is 13.2 Å². The Labute approximate surface area is 105 Å². The van der Waals surface area contributed by atoms with E-state index in [1.165, 1.54) is 6.20 Å². The van der Waals surface area contributed by atoms with Crippen LogP contribution in [0.15, 0.2) is 18.5 Å². The molecule has 1 atom stereocenters. The number of hydrogen-bond acceptors (Lipinski definition) is 2. The maximum atomic E-state index is 12.7. The second-order valence-electron chi connectivity index (χ2n) is 5.54. The molecule has 0 fully saturated rings. The molecule has 0 spiro atoms. The molecule has 1 aromatic rings. The van der Waals surface area contributed by atoms with Crippen LogP contribution < -0.4 is 5.73 Å². The lowest BCUT2D eigenvalue weighted by Crippen LogP contribution is -2.35. The van der Waals surface area contributed by atoms with Gasteiger partial charge in [-0.15, -0.1) is 0 Å². The first-order chi connectivity index (χ1) is 8.12. The number of alkyl halides is 3. The van der Waals surface area contributed by atoms with Crippen LogP contribution in [0.5, 0.6) is 0 Å². The van der Waals surface area contributed by atoms with E-state index in [1.54, 1.807) is 0 Å². The fourth-order valence-electron chi connectivity index (χ4n) is 1.65. The predicted octanol–water partition coefficient (Wildman–Crippen LogP) is 3.41. The summed E-state index contributed by atoms with van der Waals surface area (Å²) in [6, 6.07) is 0.872. The quantitative estimate of drug-likeness (QED) is 0.904. The first-order valence-electron chi connectivity index (χ1n) is 5.88. The Bertz CT molecular complexity index is 394. The van der Waals surface area contributed by atoms with Gasteiger partial charge in [0.1, 0.15) is 0 Å². The summed E-state index contributed by atoms with van der Waals surface area (Å²) in [5, 5.41) is 0. The molecular formula is C13H19F3N2. The molecule has 1 aromatic heterocycles. The first kappa shape index (κ1) is 15.0. The van der Waals surface area contributed by atoms with Crippen LogP contribution in [0.4, 0.5) is 13.2 Å². The lowest BCUT2D eigenvalue weighted by Gasteiger charge is -2.27. The zero-order valence-electron chi connectivity index (χ0n) is 10.9. The average molecular weight is 260 g/mol. The van der Waals surface area contributed by atoms with Gasteiger partial charge in [0.05, 0.1) is 5.56 Å². The highest BCUT2D eigenvalue weighted by atomic mass is 19.4. The van der Waals surface area contributed by atoms with Crippen LogP contribution in [0, 0.1) is 5.41 Å². The summed E-state index contributed by atoms with van der Waals surface area (Å²) in [4.78, 5) is 3.76. The summed E-state index contributed by atoms with van der Waals surface area (Å²) in [6.07, 6.45) is -1.09. The molecule has 0 aliphatic carbocycles. The molecule has 0 amide bonds. The summed E-state index contributed by atoms with van der Waals surface area (Å²) < 4.78 is 38.2. The van der Waals surface area contributed by atoms with Gasteiger partial charge in [-0.3, -0.25) is 4.98 Å². The summed E-state index contributed by atoms with van der Waals surface area (Å²) in [6.45, 7) is 5.93. The number of rotatable bonds is 3. The Balaban J connectivity index is 2.80. The smallest absolute Gasteiger partial charge is 0.327 e. The monoisotopic (exact) mass is 260 g/mol. The standard InChI is InChI=1S/C13H19F3N2/c1-12(2,3)11(17)5-4-9-8-18-7-6-10(9)13(14,15)16/h6-8,11H,4-5,17H2,1-3H3. The van der Waals surface area contributed by atoms with Gasteiger partial charge in [-0.2, -0.15) is 13.2 Å². The van der Waals surface area contributed by atoms with E-state index in [0.717, 1.165) is 12.3 Å². The van der Waals surface area contributed by atoms with Gasteiger partial charge in [0.25, 0.3) is 0 Å². The predicted molar refractivity (Wildman–Crippen MR) is 65.0 cm³/mol. The molecule has 2 nitrogen and oxygen atoms in total. The third-order valence-electron chi connectivity index (χ3n) is 3.05. The van der Waals surface area contributed by atoms with E-state index in [1.807, 2.05) is 20.8 Å². The molecule has 0 radical (unpaired) electrons. The molecule has 0 aromatic carbocycles. The normalized spacial score (nSPS) is 14.6. The highest BCUT2D eigenvalue weighted by Gasteiger charge is 2.33. The van der Waals surface area contributed by atoms with Crippen LogP contribution >= 0.6 is 0 Å². The van der Waals surface area contributed by atoms with Crippen LogP contribution in [0.2, 0.25) is 0 Å². The van der Waals surface area contributed by atoms with Gasteiger partial charge in [0.2, 0.25) is 0 Å². The van der Waals surface area contributed by atoms with Crippen LogP contribution in [-0.4, -0.2) is 11.0 Å². The molecule has 102 valence electrons. The van der Waals surface area contributed by atoms with Crippen LogP contribution in [-0.2, 0) is 12.6 Å². The maximum absolute atomic E-state index is 12.7. The number of halogens is 3. The van der Waals surface area contributed by atoms with Crippen LogP contribution in [0.1, 0.15) is 38.3 Å². The van der Waals surface area contributed by atoms with Gasteiger partial charge in [-0.25, -0.2) is 0 Å². The SMILES string of the molecule is CC(C)(C)C(N)CCc1cnccc1C(F)(F)F. The number of pyridine rings is 1. The lowest BCUT2D eigenvalue weighted by atomic mass is 9.84. The second kappa shape index (κ2) is 5.26. The van der Waals surface area contributed by atoms with E-state index >= 15 is 0 Å². The molecule has 0 bridgehead atoms. The van der Waals surface area contributed by atoms with Crippen LogP contribution in [0.3, 0.4) is 0 Å². The van der Waals surface area contributed by atoms with Gasteiger partial charge >= 0.3 is 6.18 Å². The van der Waals surface area contributed by atoms with Gasteiger partial charge < -0.3 is 5.73 Å². The topological polar surface area (TPSA) is 38.9 Å². The minimum absolute atomic E-state index is 0.111. The van der Waals surface area contributed by atoms with Crippen molar-refractivity contribution in [2.45, 2.75) is 45.8 Å². The van der Waals surface area contributed by atoms with Gasteiger partial charge in [-0.05, 0) is 29.9 Å². The Kier molecular flexibility index (Phi) is 4.37. The summed E-state index contributed by atoms with van der Waals surface area (Å²) >= 11 is 0. The van der Waals surface area contributed by atoms with Crippen molar-refractivity contribution in [3.63, 3.8) is 0 Å². The molecular weight excluding hydrogens is 241 g/mol. The van der Waals surface area contributed by atoms with Crippen molar-refractivity contribution in [2.24, 2.45) is 11.1 Å². The maximum Gasteiger partial charge on any atom is 0.416 e. The molecule has 1 unspecified atom stereocenters. The van der Waals surface area contributed by atoms with Crippen molar-refractivity contribution in [3.05, 3.63) is 29.6 Å². The molecule has 1 heterocycles.